The maximum absolute atomic E-state index is 5.28. The minimum atomic E-state index is 0. The fourth-order valence-corrected chi connectivity index (χ4v) is 0.258. The fraction of sp³-hybridized carbons (Fsp3) is 0.571. The predicted octanol–water partition coefficient (Wildman–Crippen LogP) is 0.863. The van der Waals surface area contributed by atoms with Crippen LogP contribution in [0.25, 0.3) is 0 Å². The Balaban J connectivity index is 0. The molecular weight excluding hydrogens is 201 g/mol. The molecule has 0 rings (SSSR count). The van der Waals surface area contributed by atoms with Gasteiger partial charge in [0.1, 0.15) is 0 Å². The quantitative estimate of drug-likeness (QED) is 0.548. The summed E-state index contributed by atoms with van der Waals surface area (Å²) in [7, 11) is 0. The van der Waals surface area contributed by atoms with E-state index < -0.39 is 0 Å². The Morgan fingerprint density at radius 3 is 2.50 bits per heavy atom. The zero-order valence-electron chi connectivity index (χ0n) is 6.46. The molecule has 0 spiro atoms. The van der Waals surface area contributed by atoms with E-state index in [1.165, 1.54) is 0 Å². The van der Waals surface area contributed by atoms with E-state index in [2.05, 4.69) is 11.2 Å². The molecule has 2 N–H and O–H groups in total. The van der Waals surface area contributed by atoms with Crippen molar-refractivity contribution in [2.45, 2.75) is 13.8 Å². The summed E-state index contributed by atoms with van der Waals surface area (Å²) in [6, 6.07) is 0. The zero-order valence-corrected chi connectivity index (χ0v) is 9.30. The summed E-state index contributed by atoms with van der Waals surface area (Å²) >= 11 is 0. The topological polar surface area (TPSA) is 38.4 Å². The second kappa shape index (κ2) is 7.58. The second-order valence-corrected chi connectivity index (χ2v) is 2.09. The molecule has 2 nitrogen and oxygen atoms in total. The van der Waals surface area contributed by atoms with E-state index in [1.54, 1.807) is 0 Å². The Hall–Kier alpha value is 0.474. The summed E-state index contributed by atoms with van der Waals surface area (Å²) in [4.78, 5) is 3.76. The first-order chi connectivity index (χ1) is 4.16. The Labute approximate surface area is 87.9 Å². The Bertz CT molecular complexity index is 119. The molecule has 0 heterocycles. The van der Waals surface area contributed by atoms with Gasteiger partial charge in [0.25, 0.3) is 0 Å². The molecule has 0 bridgehead atoms. The molecule has 0 atom stereocenters. The number of hydrogen-bond acceptors (Lipinski definition) is 2. The molecule has 0 aromatic heterocycles. The molecule has 0 amide bonds. The molecular formula is C7H12N2Y-2. The molecule has 1 radical (unpaired) electrons. The molecule has 0 aliphatic carbocycles. The van der Waals surface area contributed by atoms with E-state index in [-0.39, 0.29) is 32.7 Å². The van der Waals surface area contributed by atoms with Crippen molar-refractivity contribution >= 4 is 6.21 Å². The van der Waals surface area contributed by atoms with Crippen LogP contribution >= 0.6 is 0 Å². The van der Waals surface area contributed by atoms with Gasteiger partial charge < -0.3 is 17.3 Å². The Morgan fingerprint density at radius 2 is 2.20 bits per heavy atom. The van der Waals surface area contributed by atoms with E-state index in [9.17, 15) is 0 Å². The van der Waals surface area contributed by atoms with Crippen molar-refractivity contribution in [1.29, 1.82) is 0 Å². The van der Waals surface area contributed by atoms with Crippen LogP contribution in [0.4, 0.5) is 0 Å². The van der Waals surface area contributed by atoms with Crippen molar-refractivity contribution in [2.24, 2.45) is 16.6 Å². The maximum atomic E-state index is 5.28. The van der Waals surface area contributed by atoms with Gasteiger partial charge in [0, 0.05) is 32.7 Å². The van der Waals surface area contributed by atoms with E-state index in [4.69, 9.17) is 12.3 Å². The van der Waals surface area contributed by atoms with Gasteiger partial charge in [-0.2, -0.15) is 6.21 Å². The van der Waals surface area contributed by atoms with Crippen LogP contribution in [-0.2, 0) is 32.7 Å². The van der Waals surface area contributed by atoms with Crippen molar-refractivity contribution < 1.29 is 32.7 Å². The van der Waals surface area contributed by atoms with Crippen LogP contribution in [0, 0.1) is 12.5 Å². The molecule has 0 aromatic carbocycles. The van der Waals surface area contributed by atoms with Crippen LogP contribution < -0.4 is 5.73 Å². The first kappa shape index (κ1) is 13.1. The van der Waals surface area contributed by atoms with Gasteiger partial charge in [0.2, 0.25) is 0 Å². The Kier molecular flexibility index (Phi) is 9.92. The third kappa shape index (κ3) is 8.47. The molecule has 0 saturated carbocycles. The Morgan fingerprint density at radius 1 is 1.70 bits per heavy atom. The van der Waals surface area contributed by atoms with Crippen LogP contribution in [0.5, 0.6) is 0 Å². The third-order valence-electron chi connectivity index (χ3n) is 0.675. The van der Waals surface area contributed by atoms with Crippen LogP contribution in [0.15, 0.2) is 10.7 Å². The number of aliphatic imine (C=N–C) groups is 1. The van der Waals surface area contributed by atoms with Crippen LogP contribution in [-0.4, -0.2) is 12.8 Å². The smallest absolute Gasteiger partial charge is 0 e. The summed E-state index contributed by atoms with van der Waals surface area (Å²) in [5.41, 5.74) is 5.60. The van der Waals surface area contributed by atoms with Gasteiger partial charge in [-0.15, -0.1) is 0 Å². The van der Waals surface area contributed by atoms with Gasteiger partial charge in [0.05, 0.1) is 0 Å². The van der Waals surface area contributed by atoms with Crippen LogP contribution in [0.3, 0.4) is 0 Å². The number of rotatable bonds is 3. The normalized spacial score (nSPS) is 10.0. The molecule has 0 fully saturated rings. The zero-order chi connectivity index (χ0) is 7.28. The molecule has 3 heteroatoms. The van der Waals surface area contributed by atoms with Crippen molar-refractivity contribution in [3.05, 3.63) is 12.3 Å². The summed E-state index contributed by atoms with van der Waals surface area (Å²) < 4.78 is 0. The second-order valence-electron chi connectivity index (χ2n) is 2.09. The molecule has 0 aliphatic rings. The maximum Gasteiger partial charge on any atom is 0 e. The number of nitrogens with two attached hydrogens (primary N) is 1. The van der Waals surface area contributed by atoms with Gasteiger partial charge in [-0.05, 0) is 0 Å². The van der Waals surface area contributed by atoms with E-state index in [0.29, 0.717) is 18.2 Å². The van der Waals surface area contributed by atoms with Gasteiger partial charge in [-0.3, -0.25) is 5.70 Å². The van der Waals surface area contributed by atoms with Crippen molar-refractivity contribution in [1.82, 2.24) is 0 Å². The largest absolute Gasteiger partial charge is 0.596 e. The minimum absolute atomic E-state index is 0. The predicted molar refractivity (Wildman–Crippen MR) is 39.1 cm³/mol. The SMILES string of the molecule is [CH-]=C(CN)N=[C-]C(C)C.[Y]. The van der Waals surface area contributed by atoms with E-state index in [0.717, 1.165) is 0 Å². The van der Waals surface area contributed by atoms with Gasteiger partial charge in [-0.1, -0.05) is 26.3 Å². The van der Waals surface area contributed by atoms with Crippen LogP contribution in [0.2, 0.25) is 0 Å². The van der Waals surface area contributed by atoms with Crippen LogP contribution in [0.1, 0.15) is 13.8 Å². The molecule has 0 aliphatic heterocycles. The van der Waals surface area contributed by atoms with Crippen molar-refractivity contribution in [3.8, 4) is 0 Å². The number of hydrogen-bond donors (Lipinski definition) is 1. The number of nitrogens with zero attached hydrogens (tertiary/aromatic N) is 1. The summed E-state index contributed by atoms with van der Waals surface area (Å²) in [6.45, 7) is 9.55. The molecule has 0 saturated heterocycles. The minimum Gasteiger partial charge on any atom is -0.596 e. The molecule has 0 unspecified atom stereocenters. The first-order valence-electron chi connectivity index (χ1n) is 2.94. The van der Waals surface area contributed by atoms with Gasteiger partial charge in [0.15, 0.2) is 0 Å². The summed E-state index contributed by atoms with van der Waals surface area (Å²) in [6.07, 6.45) is 2.78. The van der Waals surface area contributed by atoms with Gasteiger partial charge in [-0.25, -0.2) is 0 Å². The third-order valence-corrected chi connectivity index (χ3v) is 0.675. The molecule has 55 valence electrons. The van der Waals surface area contributed by atoms with E-state index in [1.807, 2.05) is 13.8 Å². The summed E-state index contributed by atoms with van der Waals surface area (Å²) in [5.74, 6) is 0.315. The fourth-order valence-electron chi connectivity index (χ4n) is 0.258. The monoisotopic (exact) mass is 213 g/mol. The van der Waals surface area contributed by atoms with Crippen molar-refractivity contribution in [3.63, 3.8) is 0 Å². The molecule has 0 aromatic rings. The first-order valence-corrected chi connectivity index (χ1v) is 2.94. The van der Waals surface area contributed by atoms with Gasteiger partial charge >= 0.3 is 0 Å². The average Bonchev–Trinajstić information content (AvgIpc) is 1.83. The standard InChI is InChI=1S/C7H12N2.Y/c1-6(2)5-9-7(3)4-8;/h3,6H,4,8H2,1-2H3;/q-2;. The average molecular weight is 213 g/mol. The molecule has 10 heavy (non-hydrogen) atoms. The van der Waals surface area contributed by atoms with E-state index >= 15 is 0 Å². The van der Waals surface area contributed by atoms with Crippen molar-refractivity contribution in [2.75, 3.05) is 6.54 Å². The summed E-state index contributed by atoms with van der Waals surface area (Å²) in [5, 5.41) is 0.